The number of aldehydes is 1. The molecule has 13 heavy (non-hydrogen) atoms. The van der Waals surface area contributed by atoms with E-state index in [1.807, 2.05) is 0 Å². The van der Waals surface area contributed by atoms with Crippen LogP contribution < -0.4 is 0 Å². The normalized spacial score (nSPS) is 24.8. The molecule has 0 saturated heterocycles. The maximum atomic E-state index is 11.3. The average Bonchev–Trinajstić information content (AvgIpc) is 2.40. The Kier molecular flexibility index (Phi) is 3.66. The van der Waals surface area contributed by atoms with Gasteiger partial charge in [0.1, 0.15) is 6.29 Å². The topological polar surface area (TPSA) is 51.2 Å². The molecule has 1 aliphatic heterocycles. The molecule has 1 aliphatic rings. The molecule has 1 unspecified atom stereocenters. The monoisotopic (exact) mass is 202 g/mol. The van der Waals surface area contributed by atoms with Crippen LogP contribution in [-0.2, 0) is 14.6 Å². The van der Waals surface area contributed by atoms with E-state index in [2.05, 4.69) is 0 Å². The number of carbonyl (C=O) groups is 1. The van der Waals surface area contributed by atoms with Crippen molar-refractivity contribution < 1.29 is 13.2 Å². The number of carbonyl (C=O) groups excluding carboxylic acids is 1. The molecule has 0 aliphatic carbocycles. The van der Waals surface area contributed by atoms with Crippen molar-refractivity contribution in [3.8, 4) is 0 Å². The van der Waals surface area contributed by atoms with E-state index in [0.29, 0.717) is 12.8 Å². The van der Waals surface area contributed by atoms with Crippen LogP contribution in [-0.4, -0.2) is 25.7 Å². The van der Waals surface area contributed by atoms with Gasteiger partial charge in [0.25, 0.3) is 0 Å². The molecule has 74 valence electrons. The Morgan fingerprint density at radius 2 is 2.15 bits per heavy atom. The van der Waals surface area contributed by atoms with E-state index < -0.39 is 9.84 Å². The first-order chi connectivity index (χ1) is 6.17. The second-order valence-corrected chi connectivity index (χ2v) is 5.51. The van der Waals surface area contributed by atoms with Gasteiger partial charge in [-0.15, -0.1) is 0 Å². The predicted octanol–water partition coefficient (Wildman–Crippen LogP) is 1.10. The lowest BCUT2D eigenvalue weighted by atomic mass is 10.1. The Balaban J connectivity index is 2.29. The van der Waals surface area contributed by atoms with Crippen LogP contribution in [0, 0.1) is 0 Å². The van der Waals surface area contributed by atoms with Crippen LogP contribution in [0.4, 0.5) is 0 Å². The quantitative estimate of drug-likeness (QED) is 0.381. The Labute approximate surface area is 78.8 Å². The summed E-state index contributed by atoms with van der Waals surface area (Å²) in [6, 6.07) is 0. The van der Waals surface area contributed by atoms with Crippen molar-refractivity contribution in [2.45, 2.75) is 30.9 Å². The van der Waals surface area contributed by atoms with Crippen LogP contribution in [0.5, 0.6) is 0 Å². The van der Waals surface area contributed by atoms with Crippen LogP contribution in [0.2, 0.25) is 0 Å². The summed E-state index contributed by atoms with van der Waals surface area (Å²) >= 11 is 0. The maximum absolute atomic E-state index is 11.3. The number of hydrogen-bond donors (Lipinski definition) is 0. The highest BCUT2D eigenvalue weighted by molar-refractivity contribution is 7.92. The fourth-order valence-electron chi connectivity index (χ4n) is 1.43. The molecule has 1 atom stereocenters. The van der Waals surface area contributed by atoms with Gasteiger partial charge in [-0.25, -0.2) is 8.42 Å². The van der Waals surface area contributed by atoms with Gasteiger partial charge < -0.3 is 4.79 Å². The number of sulfone groups is 1. The molecule has 0 aromatic heterocycles. The van der Waals surface area contributed by atoms with Crippen LogP contribution in [0.3, 0.4) is 0 Å². The highest BCUT2D eigenvalue weighted by Crippen LogP contribution is 2.18. The van der Waals surface area contributed by atoms with Gasteiger partial charge in [0.15, 0.2) is 9.84 Å². The molecule has 4 heteroatoms. The molecule has 0 fully saturated rings. The molecule has 0 bridgehead atoms. The average molecular weight is 202 g/mol. The summed E-state index contributed by atoms with van der Waals surface area (Å²) in [5, 5.41) is -0.292. The molecule has 1 rings (SSSR count). The summed E-state index contributed by atoms with van der Waals surface area (Å²) in [5.74, 6) is 0.186. The van der Waals surface area contributed by atoms with Crippen molar-refractivity contribution in [2.75, 3.05) is 5.75 Å². The second kappa shape index (κ2) is 4.56. The molecule has 0 amide bonds. The lowest BCUT2D eigenvalue weighted by Crippen LogP contribution is -2.15. The molecule has 0 N–H and O–H groups in total. The van der Waals surface area contributed by atoms with Crippen molar-refractivity contribution in [3.05, 3.63) is 12.2 Å². The van der Waals surface area contributed by atoms with E-state index in [-0.39, 0.29) is 11.0 Å². The van der Waals surface area contributed by atoms with Gasteiger partial charge in [-0.1, -0.05) is 18.6 Å². The predicted molar refractivity (Wildman–Crippen MR) is 51.2 cm³/mol. The van der Waals surface area contributed by atoms with Crippen molar-refractivity contribution in [1.82, 2.24) is 0 Å². The summed E-state index contributed by atoms with van der Waals surface area (Å²) in [4.78, 5) is 10.00. The zero-order valence-electron chi connectivity index (χ0n) is 7.48. The van der Waals surface area contributed by atoms with E-state index in [4.69, 9.17) is 0 Å². The molecular formula is C9H14O3S. The molecule has 0 aromatic rings. The molecule has 0 saturated carbocycles. The molecule has 0 radical (unpaired) electrons. The maximum Gasteiger partial charge on any atom is 0.160 e. The fraction of sp³-hybridized carbons (Fsp3) is 0.667. The third-order valence-electron chi connectivity index (χ3n) is 2.20. The molecular weight excluding hydrogens is 188 g/mol. The smallest absolute Gasteiger partial charge is 0.160 e. The highest BCUT2D eigenvalue weighted by Gasteiger charge is 2.25. The van der Waals surface area contributed by atoms with Crippen molar-refractivity contribution in [3.63, 3.8) is 0 Å². The summed E-state index contributed by atoms with van der Waals surface area (Å²) in [5.41, 5.74) is 0. The fourth-order valence-corrected chi connectivity index (χ4v) is 2.94. The first-order valence-corrected chi connectivity index (χ1v) is 6.20. The van der Waals surface area contributed by atoms with Crippen molar-refractivity contribution in [1.29, 1.82) is 0 Å². The number of unbranched alkanes of at least 4 members (excludes halogenated alkanes) is 2. The van der Waals surface area contributed by atoms with Gasteiger partial charge in [-0.3, -0.25) is 0 Å². The zero-order valence-corrected chi connectivity index (χ0v) is 8.29. The second-order valence-electron chi connectivity index (χ2n) is 3.25. The van der Waals surface area contributed by atoms with Gasteiger partial charge in [0.2, 0.25) is 0 Å². The van der Waals surface area contributed by atoms with Gasteiger partial charge in [0.05, 0.1) is 11.0 Å². The third-order valence-corrected chi connectivity index (χ3v) is 4.17. The van der Waals surface area contributed by atoms with Crippen molar-refractivity contribution in [2.24, 2.45) is 0 Å². The van der Waals surface area contributed by atoms with Gasteiger partial charge >= 0.3 is 0 Å². The standard InChI is InChI=1S/C9H14O3S/c10-7-3-1-2-5-9-6-4-8-13(9,11)12/h4,6-7,9H,1-3,5,8H2. The van der Waals surface area contributed by atoms with Crippen molar-refractivity contribution >= 4 is 16.1 Å². The lowest BCUT2D eigenvalue weighted by molar-refractivity contribution is -0.107. The minimum absolute atomic E-state index is 0.186. The Bertz CT molecular complexity index is 290. The molecule has 1 heterocycles. The van der Waals surface area contributed by atoms with Gasteiger partial charge in [-0.05, 0) is 12.8 Å². The molecule has 3 nitrogen and oxygen atoms in total. The summed E-state index contributed by atoms with van der Waals surface area (Å²) in [6.45, 7) is 0. The summed E-state index contributed by atoms with van der Waals surface area (Å²) in [6.07, 6.45) is 7.15. The Hall–Kier alpha value is -0.640. The van der Waals surface area contributed by atoms with Crippen LogP contribution in [0.15, 0.2) is 12.2 Å². The SMILES string of the molecule is O=CCCCCC1C=CCS1(=O)=O. The van der Waals surface area contributed by atoms with E-state index in [1.54, 1.807) is 12.2 Å². The van der Waals surface area contributed by atoms with Gasteiger partial charge in [-0.2, -0.15) is 0 Å². The van der Waals surface area contributed by atoms with Crippen LogP contribution in [0.25, 0.3) is 0 Å². The van der Waals surface area contributed by atoms with Gasteiger partial charge in [0, 0.05) is 6.42 Å². The van der Waals surface area contributed by atoms with Crippen LogP contribution in [0.1, 0.15) is 25.7 Å². The first kappa shape index (κ1) is 10.4. The third kappa shape index (κ3) is 2.95. The van der Waals surface area contributed by atoms with E-state index in [9.17, 15) is 13.2 Å². The molecule has 0 spiro atoms. The Morgan fingerprint density at radius 1 is 1.38 bits per heavy atom. The van der Waals surface area contributed by atoms with Crippen LogP contribution >= 0.6 is 0 Å². The minimum Gasteiger partial charge on any atom is -0.303 e. The molecule has 0 aromatic carbocycles. The highest BCUT2D eigenvalue weighted by atomic mass is 32.2. The first-order valence-electron chi connectivity index (χ1n) is 4.48. The lowest BCUT2D eigenvalue weighted by Gasteiger charge is -2.06. The number of hydrogen-bond acceptors (Lipinski definition) is 3. The minimum atomic E-state index is -2.87. The summed E-state index contributed by atoms with van der Waals surface area (Å²) < 4.78 is 22.6. The summed E-state index contributed by atoms with van der Waals surface area (Å²) in [7, 11) is -2.87. The number of rotatable bonds is 5. The zero-order chi connectivity index (χ0) is 9.73. The van der Waals surface area contributed by atoms with E-state index in [0.717, 1.165) is 19.1 Å². The van der Waals surface area contributed by atoms with E-state index in [1.165, 1.54) is 0 Å². The van der Waals surface area contributed by atoms with E-state index >= 15 is 0 Å². The largest absolute Gasteiger partial charge is 0.303 e. The Morgan fingerprint density at radius 3 is 2.69 bits per heavy atom.